The molecule has 10 rings (SSSR count). The van der Waals surface area contributed by atoms with Gasteiger partial charge in [0.2, 0.25) is 0 Å². The van der Waals surface area contributed by atoms with Gasteiger partial charge in [0.25, 0.3) is 0 Å². The molecule has 1 aromatic heterocycles. The third kappa shape index (κ3) is 5.21. The average molecular weight is 664 g/mol. The summed E-state index contributed by atoms with van der Waals surface area (Å²) in [5.74, 6) is 0. The third-order valence-corrected chi connectivity index (χ3v) is 10.2. The van der Waals surface area contributed by atoms with Crippen molar-refractivity contribution in [1.29, 1.82) is 0 Å². The molecule has 0 spiro atoms. The van der Waals surface area contributed by atoms with Crippen LogP contribution in [0.15, 0.2) is 205 Å². The van der Waals surface area contributed by atoms with Crippen molar-refractivity contribution in [2.45, 2.75) is 0 Å². The van der Waals surface area contributed by atoms with Crippen molar-refractivity contribution in [2.75, 3.05) is 4.90 Å². The van der Waals surface area contributed by atoms with Crippen molar-refractivity contribution in [3.8, 4) is 33.4 Å². The predicted molar refractivity (Wildman–Crippen MR) is 220 cm³/mol. The summed E-state index contributed by atoms with van der Waals surface area (Å²) < 4.78 is 6.51. The zero-order valence-corrected chi connectivity index (χ0v) is 28.4. The molecule has 1 heterocycles. The maximum Gasteiger partial charge on any atom is 0.136 e. The molecule has 0 aliphatic heterocycles. The van der Waals surface area contributed by atoms with Crippen molar-refractivity contribution in [3.63, 3.8) is 0 Å². The highest BCUT2D eigenvalue weighted by Gasteiger charge is 2.21. The average Bonchev–Trinajstić information content (AvgIpc) is 3.58. The van der Waals surface area contributed by atoms with Crippen molar-refractivity contribution in [1.82, 2.24) is 0 Å². The zero-order valence-electron chi connectivity index (χ0n) is 28.4. The van der Waals surface area contributed by atoms with E-state index in [1.165, 1.54) is 43.8 Å². The molecule has 244 valence electrons. The van der Waals surface area contributed by atoms with Crippen molar-refractivity contribution in [2.24, 2.45) is 0 Å². The SMILES string of the molecule is c1ccc(-c2ccc(-c3ccc(N(c4ccc5ccccc5c4)c4ccccc4-c4cccc5oc6cc7ccccc7cc6c45)cc3)cc2)cc1. The van der Waals surface area contributed by atoms with Crippen LogP contribution in [0.5, 0.6) is 0 Å². The first-order chi connectivity index (χ1) is 25.8. The van der Waals surface area contributed by atoms with Gasteiger partial charge in [0.05, 0.1) is 5.69 Å². The highest BCUT2D eigenvalue weighted by molar-refractivity contribution is 6.16. The lowest BCUT2D eigenvalue weighted by atomic mass is 9.96. The Morgan fingerprint density at radius 2 is 0.865 bits per heavy atom. The Morgan fingerprint density at radius 3 is 1.60 bits per heavy atom. The molecule has 0 aliphatic rings. The molecule has 0 bridgehead atoms. The number of fused-ring (bicyclic) bond motifs is 5. The Balaban J connectivity index is 1.13. The summed E-state index contributed by atoms with van der Waals surface area (Å²) in [6, 6.07) is 71.7. The molecule has 0 saturated heterocycles. The number of rotatable bonds is 6. The van der Waals surface area contributed by atoms with Gasteiger partial charge in [0.1, 0.15) is 11.2 Å². The van der Waals surface area contributed by atoms with Gasteiger partial charge in [0.15, 0.2) is 0 Å². The van der Waals surface area contributed by atoms with E-state index in [9.17, 15) is 0 Å². The molecule has 0 unspecified atom stereocenters. The minimum Gasteiger partial charge on any atom is -0.456 e. The lowest BCUT2D eigenvalue weighted by Crippen LogP contribution is -2.11. The van der Waals surface area contributed by atoms with Gasteiger partial charge in [-0.25, -0.2) is 0 Å². The van der Waals surface area contributed by atoms with Crippen LogP contribution in [-0.4, -0.2) is 0 Å². The number of furan rings is 1. The molecule has 2 heteroatoms. The Labute approximate surface area is 302 Å². The number of anilines is 3. The van der Waals surface area contributed by atoms with Crippen molar-refractivity contribution in [3.05, 3.63) is 200 Å². The van der Waals surface area contributed by atoms with Crippen LogP contribution in [0.4, 0.5) is 17.1 Å². The zero-order chi connectivity index (χ0) is 34.4. The van der Waals surface area contributed by atoms with Crippen LogP contribution in [-0.2, 0) is 0 Å². The molecule has 0 radical (unpaired) electrons. The number of hydrogen-bond acceptors (Lipinski definition) is 2. The Morgan fingerprint density at radius 1 is 0.327 bits per heavy atom. The number of hydrogen-bond donors (Lipinski definition) is 0. The number of para-hydroxylation sites is 1. The molecule has 0 fully saturated rings. The van der Waals surface area contributed by atoms with Crippen LogP contribution < -0.4 is 4.90 Å². The van der Waals surface area contributed by atoms with E-state index in [0.717, 1.165) is 50.1 Å². The van der Waals surface area contributed by atoms with Gasteiger partial charge in [-0.15, -0.1) is 0 Å². The Hall–Kier alpha value is -6.90. The third-order valence-electron chi connectivity index (χ3n) is 10.2. The van der Waals surface area contributed by atoms with E-state index in [0.29, 0.717) is 0 Å². The Bertz CT molecular complexity index is 2890. The topological polar surface area (TPSA) is 16.4 Å². The molecular formula is C50H33NO. The lowest BCUT2D eigenvalue weighted by Gasteiger charge is -2.28. The largest absolute Gasteiger partial charge is 0.456 e. The smallest absolute Gasteiger partial charge is 0.136 e. The molecular weight excluding hydrogens is 631 g/mol. The van der Waals surface area contributed by atoms with E-state index in [1.54, 1.807) is 0 Å². The van der Waals surface area contributed by atoms with E-state index in [-0.39, 0.29) is 0 Å². The van der Waals surface area contributed by atoms with Crippen LogP contribution >= 0.6 is 0 Å². The second kappa shape index (κ2) is 12.5. The van der Waals surface area contributed by atoms with Gasteiger partial charge in [-0.2, -0.15) is 0 Å². The fourth-order valence-corrected chi connectivity index (χ4v) is 7.66. The maximum atomic E-state index is 6.51. The summed E-state index contributed by atoms with van der Waals surface area (Å²) in [6.07, 6.45) is 0. The minimum atomic E-state index is 0.887. The monoisotopic (exact) mass is 663 g/mol. The van der Waals surface area contributed by atoms with Crippen LogP contribution in [0.25, 0.3) is 76.9 Å². The van der Waals surface area contributed by atoms with Crippen LogP contribution in [0.1, 0.15) is 0 Å². The van der Waals surface area contributed by atoms with Gasteiger partial charge in [-0.3, -0.25) is 0 Å². The highest BCUT2D eigenvalue weighted by atomic mass is 16.3. The lowest BCUT2D eigenvalue weighted by molar-refractivity contribution is 0.669. The molecule has 10 aromatic rings. The molecule has 0 saturated carbocycles. The summed E-state index contributed by atoms with van der Waals surface area (Å²) in [6.45, 7) is 0. The summed E-state index contributed by atoms with van der Waals surface area (Å²) in [5, 5.41) is 7.05. The maximum absolute atomic E-state index is 6.51. The molecule has 0 N–H and O–H groups in total. The van der Waals surface area contributed by atoms with Gasteiger partial charge in [0, 0.05) is 27.7 Å². The summed E-state index contributed by atoms with van der Waals surface area (Å²) >= 11 is 0. The normalized spacial score (nSPS) is 11.5. The second-order valence-electron chi connectivity index (χ2n) is 13.4. The number of benzene rings is 9. The second-order valence-corrected chi connectivity index (χ2v) is 13.4. The summed E-state index contributed by atoms with van der Waals surface area (Å²) in [7, 11) is 0. The van der Waals surface area contributed by atoms with Crippen LogP contribution in [0.2, 0.25) is 0 Å². The molecule has 52 heavy (non-hydrogen) atoms. The van der Waals surface area contributed by atoms with E-state index in [2.05, 4.69) is 205 Å². The molecule has 2 nitrogen and oxygen atoms in total. The van der Waals surface area contributed by atoms with Crippen molar-refractivity contribution >= 4 is 60.5 Å². The van der Waals surface area contributed by atoms with E-state index >= 15 is 0 Å². The molecule has 9 aromatic carbocycles. The van der Waals surface area contributed by atoms with Gasteiger partial charge >= 0.3 is 0 Å². The van der Waals surface area contributed by atoms with Gasteiger partial charge < -0.3 is 9.32 Å². The fraction of sp³-hybridized carbons (Fsp3) is 0. The van der Waals surface area contributed by atoms with E-state index in [4.69, 9.17) is 4.42 Å². The summed E-state index contributed by atoms with van der Waals surface area (Å²) in [5.41, 5.74) is 12.2. The molecule has 0 amide bonds. The Kier molecular flexibility index (Phi) is 7.18. The first-order valence-electron chi connectivity index (χ1n) is 17.8. The predicted octanol–water partition coefficient (Wildman–Crippen LogP) is 14.4. The van der Waals surface area contributed by atoms with Crippen LogP contribution in [0, 0.1) is 0 Å². The summed E-state index contributed by atoms with van der Waals surface area (Å²) in [4.78, 5) is 2.39. The molecule has 0 aliphatic carbocycles. The fourth-order valence-electron chi connectivity index (χ4n) is 7.66. The van der Waals surface area contributed by atoms with Crippen molar-refractivity contribution < 1.29 is 4.42 Å². The van der Waals surface area contributed by atoms with Crippen LogP contribution in [0.3, 0.4) is 0 Å². The number of nitrogens with zero attached hydrogens (tertiary/aromatic N) is 1. The first kappa shape index (κ1) is 30.0. The standard InChI is InChI=1S/C50H33NO/c1-2-11-34(12-3-1)36-21-23-37(24-22-36)38-25-28-42(29-26-38)51(43-30-27-35-13-4-5-14-39(35)31-43)47-19-9-8-17-44(47)45-18-10-20-48-50(45)46-32-40-15-6-7-16-41(40)33-49(46)52-48/h1-33H. The van der Waals surface area contributed by atoms with E-state index in [1.807, 2.05) is 0 Å². The minimum absolute atomic E-state index is 0.887. The quantitative estimate of drug-likeness (QED) is 0.176. The van der Waals surface area contributed by atoms with E-state index < -0.39 is 0 Å². The highest BCUT2D eigenvalue weighted by Crippen LogP contribution is 2.45. The van der Waals surface area contributed by atoms with Gasteiger partial charge in [-0.05, 0) is 97.9 Å². The van der Waals surface area contributed by atoms with Gasteiger partial charge in [-0.1, -0.05) is 152 Å². The first-order valence-corrected chi connectivity index (χ1v) is 17.8. The molecule has 0 atom stereocenters.